The first-order valence-corrected chi connectivity index (χ1v) is 8.16. The second kappa shape index (κ2) is 6.16. The summed E-state index contributed by atoms with van der Waals surface area (Å²) in [7, 11) is -2.15. The first kappa shape index (κ1) is 14.9. The van der Waals surface area contributed by atoms with E-state index in [9.17, 15) is 4.21 Å². The molecule has 1 fully saturated rings. The van der Waals surface area contributed by atoms with E-state index in [2.05, 4.69) is 4.36 Å². The van der Waals surface area contributed by atoms with Gasteiger partial charge >= 0.3 is 0 Å². The van der Waals surface area contributed by atoms with Crippen LogP contribution in [0.5, 0.6) is 0 Å². The molecule has 2 unspecified atom stereocenters. The van der Waals surface area contributed by atoms with Crippen molar-refractivity contribution in [3.05, 3.63) is 0 Å². The highest BCUT2D eigenvalue weighted by Crippen LogP contribution is 2.16. The average Bonchev–Trinajstić information content (AvgIpc) is 2.24. The lowest BCUT2D eigenvalue weighted by Gasteiger charge is -2.23. The highest BCUT2D eigenvalue weighted by Gasteiger charge is 2.21. The van der Waals surface area contributed by atoms with E-state index < -0.39 is 9.73 Å². The van der Waals surface area contributed by atoms with Gasteiger partial charge in [-0.2, -0.15) is 0 Å². The maximum Gasteiger partial charge on any atom is 0.157 e. The lowest BCUT2D eigenvalue weighted by atomic mass is 10.2. The Morgan fingerprint density at radius 3 is 2.65 bits per heavy atom. The minimum Gasteiger partial charge on any atom is -0.353 e. The lowest BCUT2D eigenvalue weighted by Crippen LogP contribution is -2.27. The van der Waals surface area contributed by atoms with E-state index in [4.69, 9.17) is 9.47 Å². The van der Waals surface area contributed by atoms with Crippen LogP contribution in [0.4, 0.5) is 0 Å². The molecule has 0 aromatic carbocycles. The van der Waals surface area contributed by atoms with Crippen molar-refractivity contribution in [1.82, 2.24) is 0 Å². The minimum absolute atomic E-state index is 0.0819. The van der Waals surface area contributed by atoms with Crippen molar-refractivity contribution in [1.29, 1.82) is 0 Å². The first-order valence-electron chi connectivity index (χ1n) is 6.23. The third kappa shape index (κ3) is 4.94. The quantitative estimate of drug-likeness (QED) is 0.732. The fraction of sp³-hybridized carbons (Fsp3) is 1.00. The van der Waals surface area contributed by atoms with E-state index >= 15 is 0 Å². The van der Waals surface area contributed by atoms with Crippen LogP contribution in [0.1, 0.15) is 40.0 Å². The molecule has 0 amide bonds. The molecule has 0 saturated carbocycles. The number of hydrogen-bond acceptors (Lipinski definition) is 4. The van der Waals surface area contributed by atoms with Crippen molar-refractivity contribution in [3.8, 4) is 0 Å². The topological polar surface area (TPSA) is 47.9 Å². The first-order chi connectivity index (χ1) is 7.83. The van der Waals surface area contributed by atoms with Crippen LogP contribution in [0, 0.1) is 0 Å². The summed E-state index contributed by atoms with van der Waals surface area (Å²) < 4.78 is 27.2. The maximum absolute atomic E-state index is 12.2. The Bertz CT molecular complexity index is 334. The van der Waals surface area contributed by atoms with Gasteiger partial charge in [-0.3, -0.25) is 0 Å². The Labute approximate surface area is 105 Å². The summed E-state index contributed by atoms with van der Waals surface area (Å²) in [6, 6.07) is 0. The molecule has 17 heavy (non-hydrogen) atoms. The Hall–Kier alpha value is -0.130. The molecule has 0 spiro atoms. The van der Waals surface area contributed by atoms with Gasteiger partial charge in [0.1, 0.15) is 0 Å². The molecule has 1 aliphatic rings. The smallest absolute Gasteiger partial charge is 0.157 e. The van der Waals surface area contributed by atoms with Gasteiger partial charge in [-0.1, -0.05) is 0 Å². The molecule has 1 saturated heterocycles. The van der Waals surface area contributed by atoms with E-state index in [1.54, 1.807) is 6.26 Å². The Morgan fingerprint density at radius 2 is 2.12 bits per heavy atom. The Kier molecular flexibility index (Phi) is 5.41. The predicted octanol–water partition coefficient (Wildman–Crippen LogP) is 2.43. The van der Waals surface area contributed by atoms with Crippen LogP contribution in [0.3, 0.4) is 0 Å². The van der Waals surface area contributed by atoms with Gasteiger partial charge < -0.3 is 9.47 Å². The predicted molar refractivity (Wildman–Crippen MR) is 70.7 cm³/mol. The van der Waals surface area contributed by atoms with Gasteiger partial charge in [-0.15, -0.1) is 0 Å². The summed E-state index contributed by atoms with van der Waals surface area (Å²) in [4.78, 5) is 0. The third-order valence-corrected chi connectivity index (χ3v) is 5.95. The van der Waals surface area contributed by atoms with Gasteiger partial charge in [0.05, 0.1) is 13.2 Å². The fourth-order valence-electron chi connectivity index (χ4n) is 1.43. The normalized spacial score (nSPS) is 25.3. The van der Waals surface area contributed by atoms with Crippen molar-refractivity contribution in [2.24, 2.45) is 4.36 Å². The molecular weight excluding hydrogens is 238 g/mol. The SMILES string of the molecule is CC(C)(C)S(C)(=O)=NCCOC1CCCCO1. The van der Waals surface area contributed by atoms with Crippen LogP contribution in [0.25, 0.3) is 0 Å². The molecule has 5 heteroatoms. The summed E-state index contributed by atoms with van der Waals surface area (Å²) in [6.45, 7) is 7.60. The van der Waals surface area contributed by atoms with Crippen LogP contribution < -0.4 is 0 Å². The van der Waals surface area contributed by atoms with E-state index in [0.29, 0.717) is 13.2 Å². The molecule has 4 nitrogen and oxygen atoms in total. The number of ether oxygens (including phenoxy) is 2. The van der Waals surface area contributed by atoms with Gasteiger partial charge in [0.2, 0.25) is 0 Å². The second-order valence-corrected chi connectivity index (χ2v) is 8.52. The standard InChI is InChI=1S/C12H25NO3S/c1-12(2,3)17(4,14)13-8-10-16-11-7-5-6-9-15-11/h11H,5-10H2,1-4H3. The zero-order chi connectivity index (χ0) is 12.9. The molecule has 0 N–H and O–H groups in total. The van der Waals surface area contributed by atoms with Gasteiger partial charge in [0.25, 0.3) is 0 Å². The van der Waals surface area contributed by atoms with Crippen LogP contribution in [0.2, 0.25) is 0 Å². The minimum atomic E-state index is -2.15. The van der Waals surface area contributed by atoms with Gasteiger partial charge in [0, 0.05) is 27.3 Å². The molecular formula is C12H25NO3S. The van der Waals surface area contributed by atoms with Gasteiger partial charge in [0.15, 0.2) is 6.29 Å². The molecule has 0 bridgehead atoms. The van der Waals surface area contributed by atoms with Crippen LogP contribution in [-0.4, -0.2) is 41.3 Å². The highest BCUT2D eigenvalue weighted by molar-refractivity contribution is 7.94. The molecule has 1 heterocycles. The van der Waals surface area contributed by atoms with Gasteiger partial charge in [-0.25, -0.2) is 8.57 Å². The molecule has 0 aliphatic carbocycles. The second-order valence-electron chi connectivity index (χ2n) is 5.43. The number of hydrogen-bond donors (Lipinski definition) is 0. The monoisotopic (exact) mass is 263 g/mol. The Morgan fingerprint density at radius 1 is 1.41 bits per heavy atom. The Balaban J connectivity index is 2.32. The highest BCUT2D eigenvalue weighted by atomic mass is 32.2. The van der Waals surface area contributed by atoms with E-state index in [1.165, 1.54) is 0 Å². The van der Waals surface area contributed by atoms with Crippen molar-refractivity contribution in [2.45, 2.75) is 51.1 Å². The average molecular weight is 263 g/mol. The van der Waals surface area contributed by atoms with Crippen LogP contribution >= 0.6 is 0 Å². The molecule has 0 aromatic rings. The van der Waals surface area contributed by atoms with E-state index in [-0.39, 0.29) is 11.0 Å². The number of rotatable bonds is 4. The molecule has 102 valence electrons. The summed E-state index contributed by atoms with van der Waals surface area (Å²) in [5.41, 5.74) is 0. The van der Waals surface area contributed by atoms with Crippen molar-refractivity contribution < 1.29 is 13.7 Å². The van der Waals surface area contributed by atoms with E-state index in [1.807, 2.05) is 20.8 Å². The molecule has 2 atom stereocenters. The fourth-order valence-corrected chi connectivity index (χ4v) is 2.24. The lowest BCUT2D eigenvalue weighted by molar-refractivity contribution is -0.160. The van der Waals surface area contributed by atoms with Gasteiger partial charge in [-0.05, 0) is 40.0 Å². The molecule has 0 radical (unpaired) electrons. The summed E-state index contributed by atoms with van der Waals surface area (Å²) in [5, 5.41) is 0. The third-order valence-electron chi connectivity index (χ3n) is 3.01. The van der Waals surface area contributed by atoms with Crippen LogP contribution in [0.15, 0.2) is 4.36 Å². The summed E-state index contributed by atoms with van der Waals surface area (Å²) in [6.07, 6.45) is 4.87. The van der Waals surface area contributed by atoms with Crippen molar-refractivity contribution in [3.63, 3.8) is 0 Å². The summed E-state index contributed by atoms with van der Waals surface area (Å²) >= 11 is 0. The zero-order valence-corrected chi connectivity index (χ0v) is 12.2. The number of nitrogens with zero attached hydrogens (tertiary/aromatic N) is 1. The van der Waals surface area contributed by atoms with E-state index in [0.717, 1.165) is 25.9 Å². The van der Waals surface area contributed by atoms with Crippen molar-refractivity contribution in [2.75, 3.05) is 26.0 Å². The molecule has 1 aliphatic heterocycles. The van der Waals surface area contributed by atoms with Crippen molar-refractivity contribution >= 4 is 9.73 Å². The molecule has 0 aromatic heterocycles. The maximum atomic E-state index is 12.2. The molecule has 1 rings (SSSR count). The summed E-state index contributed by atoms with van der Waals surface area (Å²) in [5.74, 6) is 0. The zero-order valence-electron chi connectivity index (χ0n) is 11.4. The van der Waals surface area contributed by atoms with Crippen LogP contribution in [-0.2, 0) is 19.2 Å². The largest absolute Gasteiger partial charge is 0.353 e.